The maximum atomic E-state index is 14.4. The van der Waals surface area contributed by atoms with E-state index in [4.69, 9.17) is 0 Å². The van der Waals surface area contributed by atoms with Gasteiger partial charge in [0.25, 0.3) is 5.91 Å². The van der Waals surface area contributed by atoms with Crippen molar-refractivity contribution < 1.29 is 23.5 Å². The highest BCUT2D eigenvalue weighted by atomic mass is 19.1. The van der Waals surface area contributed by atoms with E-state index >= 15 is 0 Å². The lowest BCUT2D eigenvalue weighted by Crippen LogP contribution is -2.38. The molecular formula is C25H23F2N5O3. The Labute approximate surface area is 200 Å². The standard InChI is InChI=1S/C25H23F2N5O3/c26-17-4-1-5-18(27)21(17)23-30-19-12-28-25(35)22(19)24(31-23)29-15-8-6-14(7-9-15)11-20(34)32-10-2-3-16(32)13-33/h1,4-9,16,33H,2-3,10-13H2,(H,28,35)(H,29,30,31). The molecule has 0 spiro atoms. The number of likely N-dealkylation sites (tertiary alicyclic amines) is 1. The quantitative estimate of drug-likeness (QED) is 0.502. The Morgan fingerprint density at radius 3 is 2.57 bits per heavy atom. The van der Waals surface area contributed by atoms with Crippen molar-refractivity contribution in [2.45, 2.75) is 31.8 Å². The van der Waals surface area contributed by atoms with Crippen LogP contribution in [0.5, 0.6) is 0 Å². The number of halogens is 2. The van der Waals surface area contributed by atoms with Gasteiger partial charge in [-0.05, 0) is 42.7 Å². The fraction of sp³-hybridized carbons (Fsp3) is 0.280. The van der Waals surface area contributed by atoms with Gasteiger partial charge in [-0.3, -0.25) is 9.59 Å². The van der Waals surface area contributed by atoms with Crippen LogP contribution in [0.25, 0.3) is 11.4 Å². The van der Waals surface area contributed by atoms with Crippen LogP contribution < -0.4 is 10.6 Å². The number of benzene rings is 2. The Morgan fingerprint density at radius 1 is 1.11 bits per heavy atom. The highest BCUT2D eigenvalue weighted by molar-refractivity contribution is 6.03. The first-order valence-corrected chi connectivity index (χ1v) is 11.3. The highest BCUT2D eigenvalue weighted by Gasteiger charge is 2.29. The Balaban J connectivity index is 1.39. The first-order valence-electron chi connectivity index (χ1n) is 11.3. The smallest absolute Gasteiger partial charge is 0.257 e. The minimum atomic E-state index is -0.802. The van der Waals surface area contributed by atoms with E-state index in [1.165, 1.54) is 6.07 Å². The topological polar surface area (TPSA) is 107 Å². The maximum absolute atomic E-state index is 14.4. The Kier molecular flexibility index (Phi) is 6.12. The number of fused-ring (bicyclic) bond motifs is 1. The molecule has 1 saturated heterocycles. The maximum Gasteiger partial charge on any atom is 0.257 e. The van der Waals surface area contributed by atoms with E-state index in [0.29, 0.717) is 17.9 Å². The number of hydrogen-bond donors (Lipinski definition) is 3. The predicted octanol–water partition coefficient (Wildman–Crippen LogP) is 2.93. The van der Waals surface area contributed by atoms with Crippen LogP contribution in [0.4, 0.5) is 20.3 Å². The zero-order chi connectivity index (χ0) is 24.5. The number of amides is 2. The summed E-state index contributed by atoms with van der Waals surface area (Å²) < 4.78 is 28.7. The van der Waals surface area contributed by atoms with Crippen LogP contribution in [-0.4, -0.2) is 51.0 Å². The Bertz CT molecular complexity index is 1280. The summed E-state index contributed by atoms with van der Waals surface area (Å²) in [6, 6.07) is 10.4. The number of nitrogens with one attached hydrogen (secondary N) is 2. The van der Waals surface area contributed by atoms with Gasteiger partial charge in [0.1, 0.15) is 23.0 Å². The van der Waals surface area contributed by atoms with Gasteiger partial charge in [-0.1, -0.05) is 18.2 Å². The molecule has 1 atom stereocenters. The molecule has 2 aliphatic rings. The summed E-state index contributed by atoms with van der Waals surface area (Å²) in [7, 11) is 0. The number of hydrogen-bond acceptors (Lipinski definition) is 6. The summed E-state index contributed by atoms with van der Waals surface area (Å²) in [6.07, 6.45) is 1.90. The number of aliphatic hydroxyl groups excluding tert-OH is 1. The van der Waals surface area contributed by atoms with E-state index in [2.05, 4.69) is 20.6 Å². The molecule has 2 aliphatic heterocycles. The molecule has 0 radical (unpaired) electrons. The summed E-state index contributed by atoms with van der Waals surface area (Å²) >= 11 is 0. The number of carbonyl (C=O) groups excluding carboxylic acids is 2. The van der Waals surface area contributed by atoms with Crippen LogP contribution in [0.2, 0.25) is 0 Å². The lowest BCUT2D eigenvalue weighted by Gasteiger charge is -2.23. The largest absolute Gasteiger partial charge is 0.394 e. The number of aliphatic hydroxyl groups is 1. The lowest BCUT2D eigenvalue weighted by atomic mass is 10.1. The number of aromatic nitrogens is 2. The molecule has 35 heavy (non-hydrogen) atoms. The number of anilines is 2. The first-order chi connectivity index (χ1) is 16.9. The predicted molar refractivity (Wildman–Crippen MR) is 124 cm³/mol. The number of rotatable bonds is 6. The van der Waals surface area contributed by atoms with Crippen molar-refractivity contribution >= 4 is 23.3 Å². The van der Waals surface area contributed by atoms with Crippen molar-refractivity contribution in [2.75, 3.05) is 18.5 Å². The Hall–Kier alpha value is -3.92. The lowest BCUT2D eigenvalue weighted by molar-refractivity contribution is -0.132. The number of nitrogens with zero attached hydrogens (tertiary/aromatic N) is 3. The molecule has 0 bridgehead atoms. The van der Waals surface area contributed by atoms with E-state index in [9.17, 15) is 23.5 Å². The van der Waals surface area contributed by atoms with Gasteiger partial charge in [0.2, 0.25) is 5.91 Å². The van der Waals surface area contributed by atoms with Gasteiger partial charge in [-0.15, -0.1) is 0 Å². The third-order valence-corrected chi connectivity index (χ3v) is 6.29. The average Bonchev–Trinajstić information content (AvgIpc) is 3.47. The first kappa shape index (κ1) is 22.9. The highest BCUT2D eigenvalue weighted by Crippen LogP contribution is 2.30. The van der Waals surface area contributed by atoms with Crippen LogP contribution in [-0.2, 0) is 17.8 Å². The minimum Gasteiger partial charge on any atom is -0.394 e. The summed E-state index contributed by atoms with van der Waals surface area (Å²) in [4.78, 5) is 35.2. The summed E-state index contributed by atoms with van der Waals surface area (Å²) in [6.45, 7) is 0.737. The zero-order valence-electron chi connectivity index (χ0n) is 18.7. The average molecular weight is 479 g/mol. The van der Waals surface area contributed by atoms with Gasteiger partial charge in [0.05, 0.1) is 36.9 Å². The molecule has 0 saturated carbocycles. The van der Waals surface area contributed by atoms with Gasteiger partial charge in [-0.25, -0.2) is 18.7 Å². The molecule has 2 amide bonds. The van der Waals surface area contributed by atoms with Crippen molar-refractivity contribution in [3.8, 4) is 11.4 Å². The second-order valence-electron chi connectivity index (χ2n) is 8.56. The SMILES string of the molecule is O=C1NCc2nc(-c3c(F)cccc3F)nc(Nc3ccc(CC(=O)N4CCCC4CO)cc3)c21. The number of carbonyl (C=O) groups is 2. The molecule has 1 fully saturated rings. The van der Waals surface area contributed by atoms with Crippen LogP contribution in [0.15, 0.2) is 42.5 Å². The molecule has 180 valence electrons. The van der Waals surface area contributed by atoms with Gasteiger partial charge < -0.3 is 20.6 Å². The van der Waals surface area contributed by atoms with E-state index in [1.54, 1.807) is 29.2 Å². The van der Waals surface area contributed by atoms with E-state index < -0.39 is 11.6 Å². The molecule has 5 rings (SSSR count). The normalized spacial score (nSPS) is 16.8. The third kappa shape index (κ3) is 4.44. The molecule has 1 unspecified atom stereocenters. The minimum absolute atomic E-state index is 0.0375. The zero-order valence-corrected chi connectivity index (χ0v) is 18.7. The van der Waals surface area contributed by atoms with E-state index in [-0.39, 0.29) is 60.2 Å². The fourth-order valence-corrected chi connectivity index (χ4v) is 4.51. The third-order valence-electron chi connectivity index (χ3n) is 6.29. The molecule has 2 aromatic carbocycles. The molecule has 3 N–H and O–H groups in total. The fourth-order valence-electron chi connectivity index (χ4n) is 4.51. The summed E-state index contributed by atoms with van der Waals surface area (Å²) in [5, 5.41) is 15.2. The van der Waals surface area contributed by atoms with Crippen molar-refractivity contribution in [1.82, 2.24) is 20.2 Å². The molecule has 0 aliphatic carbocycles. The second kappa shape index (κ2) is 9.38. The molecule has 1 aromatic heterocycles. The summed E-state index contributed by atoms with van der Waals surface area (Å²) in [5.74, 6) is -2.05. The van der Waals surface area contributed by atoms with Crippen LogP contribution in [0.3, 0.4) is 0 Å². The summed E-state index contributed by atoms with van der Waals surface area (Å²) in [5.41, 5.74) is 1.57. The van der Waals surface area contributed by atoms with Crippen LogP contribution >= 0.6 is 0 Å². The van der Waals surface area contributed by atoms with Gasteiger partial charge in [0.15, 0.2) is 5.82 Å². The molecule has 3 heterocycles. The van der Waals surface area contributed by atoms with Crippen molar-refractivity contribution in [2.24, 2.45) is 0 Å². The van der Waals surface area contributed by atoms with Gasteiger partial charge in [0, 0.05) is 12.2 Å². The van der Waals surface area contributed by atoms with Crippen molar-refractivity contribution in [3.63, 3.8) is 0 Å². The Morgan fingerprint density at radius 2 is 1.86 bits per heavy atom. The molecule has 8 nitrogen and oxygen atoms in total. The van der Waals surface area contributed by atoms with Crippen molar-refractivity contribution in [3.05, 3.63) is 70.9 Å². The molecule has 3 aromatic rings. The van der Waals surface area contributed by atoms with Gasteiger partial charge in [-0.2, -0.15) is 0 Å². The van der Waals surface area contributed by atoms with Crippen LogP contribution in [0, 0.1) is 11.6 Å². The van der Waals surface area contributed by atoms with Crippen LogP contribution in [0.1, 0.15) is 34.5 Å². The molecule has 10 heteroatoms. The van der Waals surface area contributed by atoms with Gasteiger partial charge >= 0.3 is 0 Å². The second-order valence-corrected chi connectivity index (χ2v) is 8.56. The monoisotopic (exact) mass is 479 g/mol. The molecular weight excluding hydrogens is 456 g/mol. The van der Waals surface area contributed by atoms with E-state index in [0.717, 1.165) is 30.5 Å². The van der Waals surface area contributed by atoms with Crippen molar-refractivity contribution in [1.29, 1.82) is 0 Å². The van der Waals surface area contributed by atoms with E-state index in [1.807, 2.05) is 0 Å².